The van der Waals surface area contributed by atoms with Crippen LogP contribution in [-0.2, 0) is 22.8 Å². The third-order valence-corrected chi connectivity index (χ3v) is 6.44. The third kappa shape index (κ3) is 11.5. The lowest BCUT2D eigenvalue weighted by Gasteiger charge is -2.30. The molecular weight excluding hydrogens is 312 g/mol. The van der Waals surface area contributed by atoms with Gasteiger partial charge in [0.2, 0.25) is 0 Å². The molecule has 136 valence electrons. The molecule has 0 aromatic carbocycles. The minimum atomic E-state index is -2.53. The Morgan fingerprint density at radius 1 is 1.04 bits per heavy atom. The van der Waals surface area contributed by atoms with E-state index in [-0.39, 0.29) is 12.1 Å². The van der Waals surface area contributed by atoms with E-state index in [1.807, 2.05) is 27.7 Å². The molecule has 0 aromatic heterocycles. The van der Waals surface area contributed by atoms with Crippen molar-refractivity contribution >= 4 is 14.8 Å². The molecule has 0 N–H and O–H groups in total. The minimum Gasteiger partial charge on any atom is -0.463 e. The van der Waals surface area contributed by atoms with Crippen LogP contribution >= 0.6 is 0 Å². The Labute approximate surface area is 142 Å². The second-order valence-corrected chi connectivity index (χ2v) is 8.28. The number of carbonyl (C=O) groups is 1. The van der Waals surface area contributed by atoms with Gasteiger partial charge in [0, 0.05) is 31.4 Å². The standard InChI is InChI=1S/C17H34O5Si/c1-6-17(18)19-14-12-10-9-11-13-15-23(20-7-2,21-8-3)22-16(4)5/h6,16H,1,7-15H2,2-5H3. The van der Waals surface area contributed by atoms with Crippen molar-refractivity contribution in [3.8, 4) is 0 Å². The van der Waals surface area contributed by atoms with Crippen LogP contribution in [0.25, 0.3) is 0 Å². The van der Waals surface area contributed by atoms with E-state index >= 15 is 0 Å². The minimum absolute atomic E-state index is 0.110. The molecule has 6 heteroatoms. The van der Waals surface area contributed by atoms with Gasteiger partial charge < -0.3 is 18.0 Å². The van der Waals surface area contributed by atoms with Gasteiger partial charge in [0.05, 0.1) is 6.61 Å². The van der Waals surface area contributed by atoms with Gasteiger partial charge in [0.1, 0.15) is 0 Å². The lowest BCUT2D eigenvalue weighted by atomic mass is 10.2. The van der Waals surface area contributed by atoms with E-state index in [1.54, 1.807) is 0 Å². The van der Waals surface area contributed by atoms with Crippen LogP contribution in [-0.4, -0.2) is 40.7 Å². The van der Waals surface area contributed by atoms with Gasteiger partial charge in [0.15, 0.2) is 0 Å². The van der Waals surface area contributed by atoms with Gasteiger partial charge >= 0.3 is 14.8 Å². The van der Waals surface area contributed by atoms with Crippen molar-refractivity contribution in [2.75, 3.05) is 19.8 Å². The van der Waals surface area contributed by atoms with E-state index in [9.17, 15) is 4.79 Å². The van der Waals surface area contributed by atoms with Gasteiger partial charge in [-0.15, -0.1) is 0 Å². The first kappa shape index (κ1) is 22.3. The van der Waals surface area contributed by atoms with Crippen LogP contribution in [0, 0.1) is 0 Å². The summed E-state index contributed by atoms with van der Waals surface area (Å²) in [6.07, 6.45) is 6.49. The number of hydrogen-bond donors (Lipinski definition) is 0. The molecule has 0 amide bonds. The number of rotatable bonds is 15. The Bertz CT molecular complexity index is 314. The van der Waals surface area contributed by atoms with Crippen LogP contribution in [0.5, 0.6) is 0 Å². The van der Waals surface area contributed by atoms with Gasteiger partial charge in [-0.25, -0.2) is 4.79 Å². The zero-order valence-corrected chi connectivity index (χ0v) is 16.3. The zero-order valence-electron chi connectivity index (χ0n) is 15.3. The van der Waals surface area contributed by atoms with Crippen LogP contribution in [0.4, 0.5) is 0 Å². The van der Waals surface area contributed by atoms with Gasteiger partial charge in [-0.05, 0) is 40.5 Å². The van der Waals surface area contributed by atoms with Crippen LogP contribution in [0.2, 0.25) is 6.04 Å². The molecular formula is C17H34O5Si. The highest BCUT2D eigenvalue weighted by atomic mass is 28.4. The molecule has 0 aromatic rings. The summed E-state index contributed by atoms with van der Waals surface area (Å²) in [4.78, 5) is 10.9. The first-order valence-corrected chi connectivity index (χ1v) is 10.7. The Morgan fingerprint density at radius 2 is 1.61 bits per heavy atom. The van der Waals surface area contributed by atoms with E-state index < -0.39 is 8.80 Å². The Kier molecular flexibility index (Phi) is 13.3. The maximum atomic E-state index is 10.9. The van der Waals surface area contributed by atoms with Gasteiger partial charge in [-0.3, -0.25) is 0 Å². The first-order valence-electron chi connectivity index (χ1n) is 8.74. The molecule has 0 aliphatic carbocycles. The lowest BCUT2D eigenvalue weighted by Crippen LogP contribution is -2.47. The smallest absolute Gasteiger partial charge is 0.463 e. The molecule has 0 radical (unpaired) electrons. The molecule has 5 nitrogen and oxygen atoms in total. The van der Waals surface area contributed by atoms with Gasteiger partial charge in [-0.2, -0.15) is 0 Å². The molecule has 0 atom stereocenters. The molecule has 0 aliphatic heterocycles. The third-order valence-electron chi connectivity index (χ3n) is 3.18. The maximum absolute atomic E-state index is 10.9. The number of ether oxygens (including phenoxy) is 1. The average molecular weight is 347 g/mol. The summed E-state index contributed by atoms with van der Waals surface area (Å²) in [6, 6.07) is 0.859. The fourth-order valence-electron chi connectivity index (χ4n) is 2.32. The highest BCUT2D eigenvalue weighted by Gasteiger charge is 2.40. The normalized spacial score (nSPS) is 11.7. The van der Waals surface area contributed by atoms with Gasteiger partial charge in [-0.1, -0.05) is 25.8 Å². The van der Waals surface area contributed by atoms with E-state index in [4.69, 9.17) is 18.0 Å². The summed E-state index contributed by atoms with van der Waals surface area (Å²) >= 11 is 0. The van der Waals surface area contributed by atoms with Crippen LogP contribution in [0.1, 0.15) is 59.8 Å². The molecule has 0 unspecified atom stereocenters. The molecule has 0 rings (SSSR count). The van der Waals surface area contributed by atoms with Crippen molar-refractivity contribution in [1.82, 2.24) is 0 Å². The fraction of sp³-hybridized carbons (Fsp3) is 0.824. The van der Waals surface area contributed by atoms with E-state index in [2.05, 4.69) is 6.58 Å². The van der Waals surface area contributed by atoms with Crippen molar-refractivity contribution in [2.24, 2.45) is 0 Å². The molecule has 0 bridgehead atoms. The topological polar surface area (TPSA) is 54.0 Å². The number of esters is 1. The van der Waals surface area contributed by atoms with E-state index in [1.165, 1.54) is 6.08 Å². The predicted molar refractivity (Wildman–Crippen MR) is 94.3 cm³/mol. The predicted octanol–water partition coefficient (Wildman–Crippen LogP) is 4.10. The molecule has 0 spiro atoms. The van der Waals surface area contributed by atoms with Crippen LogP contribution < -0.4 is 0 Å². The molecule has 0 fully saturated rings. The maximum Gasteiger partial charge on any atom is 0.501 e. The highest BCUT2D eigenvalue weighted by Crippen LogP contribution is 2.22. The number of carbonyl (C=O) groups excluding carboxylic acids is 1. The zero-order chi connectivity index (χ0) is 17.6. The Hall–Kier alpha value is -0.693. The Morgan fingerprint density at radius 3 is 2.13 bits per heavy atom. The lowest BCUT2D eigenvalue weighted by molar-refractivity contribution is -0.137. The fourth-order valence-corrected chi connectivity index (χ4v) is 5.22. The SMILES string of the molecule is C=CC(=O)OCCCCCCC[Si](OCC)(OCC)OC(C)C. The number of hydrogen-bond acceptors (Lipinski definition) is 5. The average Bonchev–Trinajstić information content (AvgIpc) is 2.49. The highest BCUT2D eigenvalue weighted by molar-refractivity contribution is 6.60. The summed E-state index contributed by atoms with van der Waals surface area (Å²) in [5.41, 5.74) is 0. The van der Waals surface area contributed by atoms with Crippen molar-refractivity contribution in [1.29, 1.82) is 0 Å². The first-order chi connectivity index (χ1) is 11.0. The molecule has 23 heavy (non-hydrogen) atoms. The monoisotopic (exact) mass is 346 g/mol. The van der Waals surface area contributed by atoms with Gasteiger partial charge in [0.25, 0.3) is 0 Å². The van der Waals surface area contributed by atoms with E-state index in [0.717, 1.165) is 38.1 Å². The van der Waals surface area contributed by atoms with Crippen molar-refractivity contribution in [2.45, 2.75) is 71.9 Å². The molecule has 0 aliphatic rings. The summed E-state index contributed by atoms with van der Waals surface area (Å²) in [7, 11) is -2.53. The Balaban J connectivity index is 3.97. The largest absolute Gasteiger partial charge is 0.501 e. The summed E-state index contributed by atoms with van der Waals surface area (Å²) in [6.45, 7) is 13.1. The van der Waals surface area contributed by atoms with Crippen molar-refractivity contribution < 1.29 is 22.8 Å². The summed E-state index contributed by atoms with van der Waals surface area (Å²) < 4.78 is 22.8. The molecule has 0 heterocycles. The van der Waals surface area contributed by atoms with Crippen molar-refractivity contribution in [3.63, 3.8) is 0 Å². The molecule has 0 saturated carbocycles. The summed E-state index contributed by atoms with van der Waals surface area (Å²) in [5, 5.41) is 0. The quantitative estimate of drug-likeness (QED) is 0.193. The van der Waals surface area contributed by atoms with Crippen molar-refractivity contribution in [3.05, 3.63) is 12.7 Å². The second kappa shape index (κ2) is 13.7. The van der Waals surface area contributed by atoms with Crippen LogP contribution in [0.3, 0.4) is 0 Å². The summed E-state index contributed by atoms with van der Waals surface area (Å²) in [5.74, 6) is -0.347. The van der Waals surface area contributed by atoms with E-state index in [0.29, 0.717) is 19.8 Å². The second-order valence-electron chi connectivity index (χ2n) is 5.61. The van der Waals surface area contributed by atoms with Crippen LogP contribution in [0.15, 0.2) is 12.7 Å². The molecule has 0 saturated heterocycles. The number of unbranched alkanes of at least 4 members (excludes halogenated alkanes) is 4.